The lowest BCUT2D eigenvalue weighted by Gasteiger charge is -2.06. The molecule has 0 saturated carbocycles. The van der Waals surface area contributed by atoms with Crippen LogP contribution >= 0.6 is 11.6 Å². The molecule has 1 aromatic carbocycles. The van der Waals surface area contributed by atoms with E-state index in [1.807, 2.05) is 13.8 Å². The van der Waals surface area contributed by atoms with Crippen molar-refractivity contribution in [1.82, 2.24) is 0 Å². The molecule has 16 heavy (non-hydrogen) atoms. The van der Waals surface area contributed by atoms with Gasteiger partial charge in [-0.15, -0.1) is 0 Å². The van der Waals surface area contributed by atoms with Crippen molar-refractivity contribution in [2.75, 3.05) is 6.61 Å². The van der Waals surface area contributed by atoms with Crippen LogP contribution in [0.1, 0.15) is 19.4 Å². The zero-order valence-corrected chi connectivity index (χ0v) is 10.0. The minimum absolute atomic E-state index is 0.0766. The topological polar surface area (TPSA) is 52.4 Å². The number of nitro benzene ring substituents is 1. The van der Waals surface area contributed by atoms with E-state index in [4.69, 9.17) is 16.3 Å². The monoisotopic (exact) mass is 243 g/mol. The van der Waals surface area contributed by atoms with Crippen molar-refractivity contribution in [2.24, 2.45) is 5.92 Å². The van der Waals surface area contributed by atoms with Gasteiger partial charge in [-0.1, -0.05) is 31.5 Å². The molecule has 0 aromatic heterocycles. The van der Waals surface area contributed by atoms with Crippen LogP contribution in [-0.2, 0) is 11.3 Å². The minimum Gasteiger partial charge on any atom is -0.377 e. The molecule has 0 radical (unpaired) electrons. The Hall–Kier alpha value is -1.13. The third-order valence-electron chi connectivity index (χ3n) is 1.93. The molecular weight excluding hydrogens is 230 g/mol. The van der Waals surface area contributed by atoms with E-state index in [0.29, 0.717) is 19.1 Å². The molecule has 0 aliphatic rings. The summed E-state index contributed by atoms with van der Waals surface area (Å²) in [5, 5.41) is 10.8. The van der Waals surface area contributed by atoms with Crippen LogP contribution in [-0.4, -0.2) is 11.5 Å². The second-order valence-corrected chi connectivity index (χ2v) is 4.36. The molecule has 0 spiro atoms. The minimum atomic E-state index is -0.492. The van der Waals surface area contributed by atoms with Crippen molar-refractivity contribution in [1.29, 1.82) is 0 Å². The molecule has 0 unspecified atom stereocenters. The lowest BCUT2D eigenvalue weighted by Crippen LogP contribution is -2.02. The zero-order chi connectivity index (χ0) is 12.1. The van der Waals surface area contributed by atoms with Gasteiger partial charge in [-0.05, 0) is 17.5 Å². The Morgan fingerprint density at radius 2 is 2.19 bits per heavy atom. The first-order chi connectivity index (χ1) is 7.50. The van der Waals surface area contributed by atoms with Gasteiger partial charge in [0.05, 0.1) is 11.5 Å². The Balaban J connectivity index is 2.68. The number of hydrogen-bond donors (Lipinski definition) is 0. The zero-order valence-electron chi connectivity index (χ0n) is 9.27. The van der Waals surface area contributed by atoms with E-state index in [9.17, 15) is 10.1 Å². The Labute approximate surface area is 99.3 Å². The molecular formula is C11H14ClNO3. The summed E-state index contributed by atoms with van der Waals surface area (Å²) < 4.78 is 5.39. The fourth-order valence-electron chi connectivity index (χ4n) is 1.20. The molecule has 0 fully saturated rings. The number of nitro groups is 1. The number of halogens is 1. The van der Waals surface area contributed by atoms with Gasteiger partial charge >= 0.3 is 0 Å². The van der Waals surface area contributed by atoms with Gasteiger partial charge in [0.15, 0.2) is 0 Å². The quantitative estimate of drug-likeness (QED) is 0.588. The lowest BCUT2D eigenvalue weighted by molar-refractivity contribution is -0.384. The van der Waals surface area contributed by atoms with E-state index in [2.05, 4.69) is 0 Å². The first-order valence-corrected chi connectivity index (χ1v) is 5.39. The molecule has 88 valence electrons. The maximum atomic E-state index is 10.6. The number of hydrogen-bond acceptors (Lipinski definition) is 3. The van der Waals surface area contributed by atoms with Gasteiger partial charge in [0, 0.05) is 12.7 Å². The summed E-state index contributed by atoms with van der Waals surface area (Å²) in [5.74, 6) is 0.447. The molecule has 0 aliphatic carbocycles. The first-order valence-electron chi connectivity index (χ1n) is 5.01. The van der Waals surface area contributed by atoms with Gasteiger partial charge in [0.1, 0.15) is 5.02 Å². The summed E-state index contributed by atoms with van der Waals surface area (Å²) in [5.41, 5.74) is 0.684. The summed E-state index contributed by atoms with van der Waals surface area (Å²) in [4.78, 5) is 10.1. The molecule has 1 aromatic rings. The van der Waals surface area contributed by atoms with Crippen molar-refractivity contribution < 1.29 is 9.66 Å². The Morgan fingerprint density at radius 1 is 1.50 bits per heavy atom. The smallest absolute Gasteiger partial charge is 0.288 e. The predicted octanol–water partition coefficient (Wildman–Crippen LogP) is 3.42. The van der Waals surface area contributed by atoms with Gasteiger partial charge in [-0.2, -0.15) is 0 Å². The predicted molar refractivity (Wildman–Crippen MR) is 62.6 cm³/mol. The van der Waals surface area contributed by atoms with E-state index < -0.39 is 4.92 Å². The Morgan fingerprint density at radius 3 is 2.75 bits per heavy atom. The highest BCUT2D eigenvalue weighted by Gasteiger charge is 2.12. The molecule has 5 heteroatoms. The van der Waals surface area contributed by atoms with Gasteiger partial charge in [-0.25, -0.2) is 0 Å². The number of rotatable bonds is 5. The highest BCUT2D eigenvalue weighted by molar-refractivity contribution is 6.32. The van der Waals surface area contributed by atoms with Crippen molar-refractivity contribution in [3.05, 3.63) is 38.9 Å². The fourth-order valence-corrected chi connectivity index (χ4v) is 1.39. The van der Waals surface area contributed by atoms with Crippen molar-refractivity contribution in [3.8, 4) is 0 Å². The lowest BCUT2D eigenvalue weighted by atomic mass is 10.2. The average Bonchev–Trinajstić information content (AvgIpc) is 2.19. The summed E-state index contributed by atoms with van der Waals surface area (Å²) in [6, 6.07) is 4.70. The SMILES string of the molecule is CC(C)COCc1ccc(Cl)c([N+](=O)[O-])c1. The third-order valence-corrected chi connectivity index (χ3v) is 2.25. The van der Waals surface area contributed by atoms with E-state index in [1.165, 1.54) is 12.1 Å². The van der Waals surface area contributed by atoms with Crippen LogP contribution in [0.25, 0.3) is 0 Å². The normalized spacial score (nSPS) is 10.8. The maximum absolute atomic E-state index is 10.6. The second kappa shape index (κ2) is 5.82. The molecule has 4 nitrogen and oxygen atoms in total. The summed E-state index contributed by atoms with van der Waals surface area (Å²) in [7, 11) is 0. The molecule has 1 rings (SSSR count). The molecule has 0 atom stereocenters. The van der Waals surface area contributed by atoms with Crippen LogP contribution in [0.4, 0.5) is 5.69 Å². The van der Waals surface area contributed by atoms with E-state index >= 15 is 0 Å². The van der Waals surface area contributed by atoms with E-state index in [0.717, 1.165) is 5.56 Å². The van der Waals surface area contributed by atoms with Crippen LogP contribution in [0.15, 0.2) is 18.2 Å². The van der Waals surface area contributed by atoms with Crippen LogP contribution in [0.3, 0.4) is 0 Å². The largest absolute Gasteiger partial charge is 0.377 e. The third kappa shape index (κ3) is 3.79. The first kappa shape index (κ1) is 12.9. The number of benzene rings is 1. The van der Waals surface area contributed by atoms with Crippen molar-refractivity contribution >= 4 is 17.3 Å². The summed E-state index contributed by atoms with van der Waals surface area (Å²) >= 11 is 5.69. The maximum Gasteiger partial charge on any atom is 0.288 e. The molecule has 0 saturated heterocycles. The van der Waals surface area contributed by atoms with Crippen LogP contribution < -0.4 is 0 Å². The Kier molecular flexibility index (Phi) is 4.71. The second-order valence-electron chi connectivity index (χ2n) is 3.95. The van der Waals surface area contributed by atoms with Gasteiger partial charge < -0.3 is 4.74 Å². The molecule has 0 amide bonds. The molecule has 0 heterocycles. The molecule has 0 aliphatic heterocycles. The van der Waals surface area contributed by atoms with Crippen LogP contribution in [0.2, 0.25) is 5.02 Å². The standard InChI is InChI=1S/C11H14ClNO3/c1-8(2)6-16-7-9-3-4-10(12)11(5-9)13(14)15/h3-5,8H,6-7H2,1-2H3. The molecule has 0 N–H and O–H groups in total. The molecule has 0 bridgehead atoms. The Bertz CT molecular complexity index is 379. The van der Waals surface area contributed by atoms with Crippen LogP contribution in [0.5, 0.6) is 0 Å². The number of ether oxygens (including phenoxy) is 1. The number of nitrogens with zero attached hydrogens (tertiary/aromatic N) is 1. The van der Waals surface area contributed by atoms with Gasteiger partial charge in [0.2, 0.25) is 0 Å². The van der Waals surface area contributed by atoms with E-state index in [-0.39, 0.29) is 10.7 Å². The fraction of sp³-hybridized carbons (Fsp3) is 0.455. The highest BCUT2D eigenvalue weighted by Crippen LogP contribution is 2.25. The van der Waals surface area contributed by atoms with Gasteiger partial charge in [-0.3, -0.25) is 10.1 Å². The van der Waals surface area contributed by atoms with Gasteiger partial charge in [0.25, 0.3) is 5.69 Å². The van der Waals surface area contributed by atoms with E-state index in [1.54, 1.807) is 6.07 Å². The average molecular weight is 244 g/mol. The summed E-state index contributed by atoms with van der Waals surface area (Å²) in [6.07, 6.45) is 0. The van der Waals surface area contributed by atoms with Crippen molar-refractivity contribution in [2.45, 2.75) is 20.5 Å². The van der Waals surface area contributed by atoms with Crippen LogP contribution in [0, 0.1) is 16.0 Å². The van der Waals surface area contributed by atoms with Crippen molar-refractivity contribution in [3.63, 3.8) is 0 Å². The summed E-state index contributed by atoms with van der Waals surface area (Å²) in [6.45, 7) is 5.10. The highest BCUT2D eigenvalue weighted by atomic mass is 35.5.